The van der Waals surface area contributed by atoms with Gasteiger partial charge >= 0.3 is 0 Å². The van der Waals surface area contributed by atoms with Crippen molar-refractivity contribution in [3.8, 4) is 0 Å². The minimum atomic E-state index is 0.0144. The van der Waals surface area contributed by atoms with Gasteiger partial charge in [0.05, 0.1) is 6.04 Å². The molecule has 1 unspecified atom stereocenters. The summed E-state index contributed by atoms with van der Waals surface area (Å²) in [7, 11) is 0. The Kier molecular flexibility index (Phi) is 8.27. The highest BCUT2D eigenvalue weighted by atomic mass is 16.2. The van der Waals surface area contributed by atoms with Crippen molar-refractivity contribution in [2.45, 2.75) is 53.5 Å². The number of nitrogens with one attached hydrogen (secondary N) is 1. The van der Waals surface area contributed by atoms with Crippen molar-refractivity contribution in [3.05, 3.63) is 0 Å². The van der Waals surface area contributed by atoms with Gasteiger partial charge < -0.3 is 10.2 Å². The molecule has 4 nitrogen and oxygen atoms in total. The Balaban J connectivity index is 2.58. The number of piperazine rings is 1. The van der Waals surface area contributed by atoms with E-state index in [-0.39, 0.29) is 6.04 Å². The molecule has 1 atom stereocenters. The van der Waals surface area contributed by atoms with Gasteiger partial charge in [0.2, 0.25) is 5.91 Å². The average Bonchev–Trinajstić information content (AvgIpc) is 2.46. The minimum absolute atomic E-state index is 0.0144. The van der Waals surface area contributed by atoms with E-state index in [1.807, 2.05) is 4.90 Å². The molecular formula is C17H35N3O. The maximum atomic E-state index is 12.7. The molecule has 0 spiro atoms. The first-order chi connectivity index (χ1) is 9.91. The van der Waals surface area contributed by atoms with Crippen LogP contribution in [0.25, 0.3) is 0 Å². The molecule has 0 aliphatic carbocycles. The SMILES string of the molecule is CC(C)CCN(CCC(C)C)C(C)C(=O)N1CCNCC1. The summed E-state index contributed by atoms with van der Waals surface area (Å²) in [4.78, 5) is 17.1. The Labute approximate surface area is 131 Å². The van der Waals surface area contributed by atoms with Crippen molar-refractivity contribution in [1.82, 2.24) is 15.1 Å². The van der Waals surface area contributed by atoms with Gasteiger partial charge in [-0.15, -0.1) is 0 Å². The van der Waals surface area contributed by atoms with Crippen LogP contribution in [0.15, 0.2) is 0 Å². The van der Waals surface area contributed by atoms with E-state index < -0.39 is 0 Å². The molecule has 1 N–H and O–H groups in total. The highest BCUT2D eigenvalue weighted by Crippen LogP contribution is 2.12. The van der Waals surface area contributed by atoms with E-state index in [1.165, 1.54) is 0 Å². The molecule has 21 heavy (non-hydrogen) atoms. The third-order valence-corrected chi connectivity index (χ3v) is 4.32. The second-order valence-corrected chi connectivity index (χ2v) is 7.15. The van der Waals surface area contributed by atoms with Gasteiger partial charge in [-0.1, -0.05) is 27.7 Å². The van der Waals surface area contributed by atoms with Crippen LogP contribution in [0.5, 0.6) is 0 Å². The van der Waals surface area contributed by atoms with Crippen LogP contribution >= 0.6 is 0 Å². The molecule has 0 aromatic carbocycles. The fourth-order valence-electron chi connectivity index (χ4n) is 2.65. The molecule has 1 amide bonds. The predicted molar refractivity (Wildman–Crippen MR) is 89.4 cm³/mol. The third-order valence-electron chi connectivity index (χ3n) is 4.32. The first kappa shape index (κ1) is 18.4. The fraction of sp³-hybridized carbons (Fsp3) is 0.941. The van der Waals surface area contributed by atoms with Crippen LogP contribution in [0, 0.1) is 11.8 Å². The smallest absolute Gasteiger partial charge is 0.239 e. The number of amides is 1. The van der Waals surface area contributed by atoms with Crippen molar-refractivity contribution in [3.63, 3.8) is 0 Å². The van der Waals surface area contributed by atoms with E-state index in [0.717, 1.165) is 52.1 Å². The first-order valence-electron chi connectivity index (χ1n) is 8.65. The highest BCUT2D eigenvalue weighted by molar-refractivity contribution is 5.81. The number of nitrogens with zero attached hydrogens (tertiary/aromatic N) is 2. The van der Waals surface area contributed by atoms with Crippen LogP contribution in [0.2, 0.25) is 0 Å². The molecule has 1 rings (SSSR count). The topological polar surface area (TPSA) is 35.6 Å². The molecule has 124 valence electrons. The maximum absolute atomic E-state index is 12.7. The number of carbonyl (C=O) groups excluding carboxylic acids is 1. The Morgan fingerprint density at radius 1 is 1.00 bits per heavy atom. The van der Waals surface area contributed by atoms with E-state index in [2.05, 4.69) is 44.8 Å². The normalized spacial score (nSPS) is 17.8. The Bertz CT molecular complexity index is 286. The third kappa shape index (κ3) is 6.79. The largest absolute Gasteiger partial charge is 0.339 e. The highest BCUT2D eigenvalue weighted by Gasteiger charge is 2.26. The van der Waals surface area contributed by atoms with Gasteiger partial charge in [-0.2, -0.15) is 0 Å². The van der Waals surface area contributed by atoms with Gasteiger partial charge in [0.15, 0.2) is 0 Å². The molecule has 0 aromatic heterocycles. The fourth-order valence-corrected chi connectivity index (χ4v) is 2.65. The summed E-state index contributed by atoms with van der Waals surface area (Å²) in [6, 6.07) is 0.0144. The number of carbonyl (C=O) groups is 1. The monoisotopic (exact) mass is 297 g/mol. The average molecular weight is 297 g/mol. The zero-order valence-electron chi connectivity index (χ0n) is 14.7. The van der Waals surface area contributed by atoms with Crippen molar-refractivity contribution in [2.75, 3.05) is 39.3 Å². The van der Waals surface area contributed by atoms with Crippen LogP contribution < -0.4 is 5.32 Å². The van der Waals surface area contributed by atoms with E-state index in [1.54, 1.807) is 0 Å². The summed E-state index contributed by atoms with van der Waals surface area (Å²) < 4.78 is 0. The quantitative estimate of drug-likeness (QED) is 0.746. The van der Waals surface area contributed by atoms with E-state index in [0.29, 0.717) is 17.7 Å². The number of rotatable bonds is 8. The van der Waals surface area contributed by atoms with Gasteiger partial charge in [-0.3, -0.25) is 9.69 Å². The molecule has 1 heterocycles. The summed E-state index contributed by atoms with van der Waals surface area (Å²) in [6.07, 6.45) is 2.33. The van der Waals surface area contributed by atoms with Crippen LogP contribution in [0.4, 0.5) is 0 Å². The van der Waals surface area contributed by atoms with Crippen molar-refractivity contribution < 1.29 is 4.79 Å². The van der Waals surface area contributed by atoms with Gasteiger partial charge in [0.25, 0.3) is 0 Å². The molecule has 1 fully saturated rings. The maximum Gasteiger partial charge on any atom is 0.239 e. The predicted octanol–water partition coefficient (Wildman–Crippen LogP) is 2.20. The number of hydrogen-bond acceptors (Lipinski definition) is 3. The van der Waals surface area contributed by atoms with Crippen molar-refractivity contribution in [1.29, 1.82) is 0 Å². The van der Waals surface area contributed by atoms with Gasteiger partial charge in [-0.05, 0) is 44.7 Å². The summed E-state index contributed by atoms with van der Waals surface area (Å²) in [5.74, 6) is 1.69. The molecule has 1 saturated heterocycles. The summed E-state index contributed by atoms with van der Waals surface area (Å²) in [5, 5.41) is 3.31. The van der Waals surface area contributed by atoms with E-state index in [9.17, 15) is 4.79 Å². The van der Waals surface area contributed by atoms with Crippen LogP contribution in [0.1, 0.15) is 47.5 Å². The standard InChI is InChI=1S/C17H35N3O/c1-14(2)6-10-19(11-7-15(3)4)16(5)17(21)20-12-8-18-9-13-20/h14-16,18H,6-13H2,1-5H3. The Hall–Kier alpha value is -0.610. The lowest BCUT2D eigenvalue weighted by Gasteiger charge is -2.35. The van der Waals surface area contributed by atoms with Crippen molar-refractivity contribution >= 4 is 5.91 Å². The molecule has 0 bridgehead atoms. The van der Waals surface area contributed by atoms with Gasteiger partial charge in [-0.25, -0.2) is 0 Å². The second-order valence-electron chi connectivity index (χ2n) is 7.15. The molecule has 0 saturated carbocycles. The minimum Gasteiger partial charge on any atom is -0.339 e. The molecule has 0 radical (unpaired) electrons. The second kappa shape index (κ2) is 9.42. The summed E-state index contributed by atoms with van der Waals surface area (Å²) in [6.45, 7) is 16.7. The Morgan fingerprint density at radius 3 is 1.90 bits per heavy atom. The molecule has 4 heteroatoms. The summed E-state index contributed by atoms with van der Waals surface area (Å²) in [5.41, 5.74) is 0. The number of hydrogen-bond donors (Lipinski definition) is 1. The van der Waals surface area contributed by atoms with E-state index >= 15 is 0 Å². The van der Waals surface area contributed by atoms with Gasteiger partial charge in [0.1, 0.15) is 0 Å². The lowest BCUT2D eigenvalue weighted by molar-refractivity contribution is -0.137. The van der Waals surface area contributed by atoms with Crippen LogP contribution in [-0.2, 0) is 4.79 Å². The van der Waals surface area contributed by atoms with Crippen LogP contribution in [0.3, 0.4) is 0 Å². The van der Waals surface area contributed by atoms with Crippen molar-refractivity contribution in [2.24, 2.45) is 11.8 Å². The zero-order chi connectivity index (χ0) is 15.8. The lowest BCUT2D eigenvalue weighted by Crippen LogP contribution is -2.53. The summed E-state index contributed by atoms with van der Waals surface area (Å²) >= 11 is 0. The van der Waals surface area contributed by atoms with E-state index in [4.69, 9.17) is 0 Å². The molecule has 1 aliphatic heterocycles. The lowest BCUT2D eigenvalue weighted by atomic mass is 10.1. The van der Waals surface area contributed by atoms with Crippen LogP contribution in [-0.4, -0.2) is 61.0 Å². The molecule has 0 aromatic rings. The Morgan fingerprint density at radius 2 is 1.48 bits per heavy atom. The van der Waals surface area contributed by atoms with Gasteiger partial charge in [0, 0.05) is 26.2 Å². The zero-order valence-corrected chi connectivity index (χ0v) is 14.7. The first-order valence-corrected chi connectivity index (χ1v) is 8.65. The molecule has 1 aliphatic rings. The molecular weight excluding hydrogens is 262 g/mol.